The second-order valence-electron chi connectivity index (χ2n) is 6.30. The summed E-state index contributed by atoms with van der Waals surface area (Å²) in [4.78, 5) is 7.86. The predicted octanol–water partition coefficient (Wildman–Crippen LogP) is 4.74. The fraction of sp³-hybridized carbons (Fsp3) is 0.0435. The van der Waals surface area contributed by atoms with E-state index in [0.29, 0.717) is 5.76 Å². The van der Waals surface area contributed by atoms with Gasteiger partial charge in [0.15, 0.2) is 5.76 Å². The Hall–Kier alpha value is -4.29. The molecule has 0 fully saturated rings. The standard InChI is InChI=1S/C23H13FN4O/c24-23(19-13-27-15-28-14-19,20-7-6-16(11-25)10-18(20)12-26)22-9-8-21(29-22)17-4-2-1-3-5-17/h1-10,13-15H. The SMILES string of the molecule is N#Cc1ccc(C(F)(c2cncnc2)c2ccc(-c3ccccc3)o2)c(C#N)c1. The van der Waals surface area contributed by atoms with Crippen LogP contribution in [0, 0.1) is 22.7 Å². The fourth-order valence-corrected chi connectivity index (χ4v) is 3.19. The van der Waals surface area contributed by atoms with Gasteiger partial charge in [-0.05, 0) is 24.3 Å². The molecule has 0 N–H and O–H groups in total. The zero-order chi connectivity index (χ0) is 20.3. The monoisotopic (exact) mass is 380 g/mol. The van der Waals surface area contributed by atoms with Gasteiger partial charge < -0.3 is 4.42 Å². The van der Waals surface area contributed by atoms with Crippen molar-refractivity contribution in [1.82, 2.24) is 9.97 Å². The number of hydrogen-bond donors (Lipinski definition) is 0. The average Bonchev–Trinajstić information content (AvgIpc) is 3.30. The van der Waals surface area contributed by atoms with E-state index in [2.05, 4.69) is 9.97 Å². The number of furan rings is 1. The van der Waals surface area contributed by atoms with E-state index in [9.17, 15) is 5.26 Å². The van der Waals surface area contributed by atoms with Crippen LogP contribution in [0.25, 0.3) is 11.3 Å². The second kappa shape index (κ2) is 7.38. The van der Waals surface area contributed by atoms with Crippen molar-refractivity contribution in [2.75, 3.05) is 0 Å². The van der Waals surface area contributed by atoms with Crippen molar-refractivity contribution in [1.29, 1.82) is 10.5 Å². The van der Waals surface area contributed by atoms with E-state index in [1.165, 1.54) is 43.0 Å². The maximum absolute atomic E-state index is 16.8. The maximum Gasteiger partial charge on any atom is 0.222 e. The Morgan fingerprint density at radius 1 is 0.897 bits per heavy atom. The topological polar surface area (TPSA) is 86.5 Å². The van der Waals surface area contributed by atoms with E-state index in [0.717, 1.165) is 5.56 Å². The zero-order valence-electron chi connectivity index (χ0n) is 15.1. The van der Waals surface area contributed by atoms with E-state index < -0.39 is 5.67 Å². The van der Waals surface area contributed by atoms with Gasteiger partial charge in [-0.3, -0.25) is 0 Å². The summed E-state index contributed by atoms with van der Waals surface area (Å²) in [6.45, 7) is 0. The van der Waals surface area contributed by atoms with Crippen LogP contribution in [0.3, 0.4) is 0 Å². The lowest BCUT2D eigenvalue weighted by Gasteiger charge is -2.24. The summed E-state index contributed by atoms with van der Waals surface area (Å²) in [5.41, 5.74) is -1.04. The Balaban J connectivity index is 1.94. The maximum atomic E-state index is 16.8. The summed E-state index contributed by atoms with van der Waals surface area (Å²) in [5.74, 6) is 0.485. The molecule has 0 saturated heterocycles. The van der Waals surface area contributed by atoms with Gasteiger partial charge in [-0.15, -0.1) is 0 Å². The Bertz CT molecular complexity index is 1240. The third-order valence-electron chi connectivity index (χ3n) is 4.60. The number of halogens is 1. The van der Waals surface area contributed by atoms with Crippen LogP contribution >= 0.6 is 0 Å². The van der Waals surface area contributed by atoms with Gasteiger partial charge in [-0.1, -0.05) is 36.4 Å². The molecule has 1 unspecified atom stereocenters. The molecule has 29 heavy (non-hydrogen) atoms. The normalized spacial score (nSPS) is 12.5. The molecule has 0 spiro atoms. The number of nitrogens with zero attached hydrogens (tertiary/aromatic N) is 4. The Labute approximate surface area is 166 Å². The van der Waals surface area contributed by atoms with Crippen molar-refractivity contribution < 1.29 is 8.81 Å². The van der Waals surface area contributed by atoms with Crippen molar-refractivity contribution in [3.63, 3.8) is 0 Å². The highest BCUT2D eigenvalue weighted by Gasteiger charge is 2.42. The average molecular weight is 380 g/mol. The van der Waals surface area contributed by atoms with Crippen molar-refractivity contribution in [2.45, 2.75) is 5.67 Å². The Morgan fingerprint density at radius 2 is 1.66 bits per heavy atom. The highest BCUT2D eigenvalue weighted by atomic mass is 19.1. The molecule has 6 heteroatoms. The lowest BCUT2D eigenvalue weighted by atomic mass is 9.84. The minimum Gasteiger partial charge on any atom is -0.457 e. The number of benzene rings is 2. The molecule has 2 aromatic carbocycles. The third kappa shape index (κ3) is 3.13. The molecule has 0 bridgehead atoms. The molecule has 0 radical (unpaired) electrons. The number of hydrogen-bond acceptors (Lipinski definition) is 5. The van der Waals surface area contributed by atoms with E-state index in [1.54, 1.807) is 6.07 Å². The molecule has 0 amide bonds. The number of nitriles is 2. The van der Waals surface area contributed by atoms with Gasteiger partial charge in [0.1, 0.15) is 12.1 Å². The molecule has 5 nitrogen and oxygen atoms in total. The molecule has 0 aliphatic heterocycles. The van der Waals surface area contributed by atoms with Crippen molar-refractivity contribution in [3.8, 4) is 23.5 Å². The van der Waals surface area contributed by atoms with E-state index >= 15 is 4.39 Å². The van der Waals surface area contributed by atoms with Crippen LogP contribution < -0.4 is 0 Å². The predicted molar refractivity (Wildman–Crippen MR) is 103 cm³/mol. The fourth-order valence-electron chi connectivity index (χ4n) is 3.19. The molecule has 4 rings (SSSR count). The first-order chi connectivity index (χ1) is 14.2. The van der Waals surface area contributed by atoms with Crippen LogP contribution in [0.5, 0.6) is 0 Å². The Morgan fingerprint density at radius 3 is 2.34 bits per heavy atom. The van der Waals surface area contributed by atoms with Gasteiger partial charge >= 0.3 is 0 Å². The largest absolute Gasteiger partial charge is 0.457 e. The van der Waals surface area contributed by atoms with E-state index in [-0.39, 0.29) is 28.0 Å². The van der Waals surface area contributed by atoms with Gasteiger partial charge in [0, 0.05) is 29.1 Å². The van der Waals surface area contributed by atoms with Crippen LogP contribution in [-0.4, -0.2) is 9.97 Å². The number of alkyl halides is 1. The van der Waals surface area contributed by atoms with Gasteiger partial charge in [-0.25, -0.2) is 14.4 Å². The third-order valence-corrected chi connectivity index (χ3v) is 4.60. The summed E-state index contributed by atoms with van der Waals surface area (Å²) in [7, 11) is 0. The molecule has 0 aliphatic rings. The minimum atomic E-state index is -2.31. The summed E-state index contributed by atoms with van der Waals surface area (Å²) in [5, 5.41) is 18.7. The Kier molecular flexibility index (Phi) is 4.60. The van der Waals surface area contributed by atoms with Crippen LogP contribution in [0.4, 0.5) is 4.39 Å². The molecule has 2 aromatic heterocycles. The first-order valence-electron chi connectivity index (χ1n) is 8.71. The van der Waals surface area contributed by atoms with Crippen molar-refractivity contribution in [3.05, 3.63) is 107 Å². The molecule has 4 aromatic rings. The quantitative estimate of drug-likeness (QED) is 0.510. The van der Waals surface area contributed by atoms with Crippen LogP contribution in [0.2, 0.25) is 0 Å². The van der Waals surface area contributed by atoms with Crippen molar-refractivity contribution in [2.24, 2.45) is 0 Å². The molecule has 138 valence electrons. The van der Waals surface area contributed by atoms with Gasteiger partial charge in [-0.2, -0.15) is 10.5 Å². The molecule has 0 aliphatic carbocycles. The molecular formula is C23H13FN4O. The van der Waals surface area contributed by atoms with Crippen LogP contribution in [0.1, 0.15) is 28.0 Å². The summed E-state index contributed by atoms with van der Waals surface area (Å²) >= 11 is 0. The van der Waals surface area contributed by atoms with Gasteiger partial charge in [0.05, 0.1) is 23.3 Å². The highest BCUT2D eigenvalue weighted by molar-refractivity contribution is 5.59. The smallest absolute Gasteiger partial charge is 0.222 e. The molecule has 2 heterocycles. The molecular weight excluding hydrogens is 367 g/mol. The summed E-state index contributed by atoms with van der Waals surface area (Å²) in [6.07, 6.45) is 3.99. The first kappa shape index (κ1) is 18.1. The lowest BCUT2D eigenvalue weighted by Crippen LogP contribution is -2.25. The molecule has 1 atom stereocenters. The van der Waals surface area contributed by atoms with Gasteiger partial charge in [0.2, 0.25) is 5.67 Å². The van der Waals surface area contributed by atoms with Crippen LogP contribution in [0.15, 0.2) is 83.8 Å². The summed E-state index contributed by atoms with van der Waals surface area (Å²) in [6, 6.07) is 20.7. The molecule has 0 saturated carbocycles. The lowest BCUT2D eigenvalue weighted by molar-refractivity contribution is 0.231. The number of aromatic nitrogens is 2. The van der Waals surface area contributed by atoms with E-state index in [4.69, 9.17) is 9.68 Å². The van der Waals surface area contributed by atoms with E-state index in [1.807, 2.05) is 42.5 Å². The summed E-state index contributed by atoms with van der Waals surface area (Å²) < 4.78 is 22.7. The number of rotatable bonds is 4. The van der Waals surface area contributed by atoms with Gasteiger partial charge in [0.25, 0.3) is 0 Å². The van der Waals surface area contributed by atoms with Crippen molar-refractivity contribution >= 4 is 0 Å². The zero-order valence-corrected chi connectivity index (χ0v) is 15.1. The second-order valence-corrected chi connectivity index (χ2v) is 6.30. The van der Waals surface area contributed by atoms with Crippen LogP contribution in [-0.2, 0) is 5.67 Å². The highest BCUT2D eigenvalue weighted by Crippen LogP contribution is 2.43. The minimum absolute atomic E-state index is 0.00707. The first-order valence-corrected chi connectivity index (χ1v) is 8.71.